The van der Waals surface area contributed by atoms with E-state index in [0.717, 1.165) is 0 Å². The number of carbonyl (C=O) groups is 4. The lowest BCUT2D eigenvalue weighted by molar-refractivity contribution is -0.162. The third kappa shape index (κ3) is 6.45. The first-order valence-electron chi connectivity index (χ1n) is 16.4. The van der Waals surface area contributed by atoms with Gasteiger partial charge in [0.2, 0.25) is 11.8 Å². The number of carbonyl (C=O) groups excluding carboxylic acids is 4. The molecule has 0 saturated carbocycles. The van der Waals surface area contributed by atoms with Gasteiger partial charge in [-0.25, -0.2) is 0 Å². The highest BCUT2D eigenvalue weighted by Gasteiger charge is 2.75. The van der Waals surface area contributed by atoms with E-state index in [4.69, 9.17) is 25.8 Å². The predicted octanol–water partition coefficient (Wildman–Crippen LogP) is 4.08. The van der Waals surface area contributed by atoms with Crippen LogP contribution >= 0.6 is 27.5 Å². The van der Waals surface area contributed by atoms with E-state index >= 15 is 0 Å². The van der Waals surface area contributed by atoms with Gasteiger partial charge in [0.15, 0.2) is 0 Å². The van der Waals surface area contributed by atoms with Crippen molar-refractivity contribution in [2.24, 2.45) is 11.8 Å². The molecule has 3 amide bonds. The highest BCUT2D eigenvalue weighted by Crippen LogP contribution is 2.59. The number of nitrogens with one attached hydrogen (secondary N) is 1. The van der Waals surface area contributed by atoms with E-state index in [1.807, 2.05) is 19.1 Å². The van der Waals surface area contributed by atoms with E-state index in [2.05, 4.69) is 21.2 Å². The molecule has 260 valence electrons. The lowest BCUT2D eigenvalue weighted by Crippen LogP contribution is -2.58. The fourth-order valence-corrected chi connectivity index (χ4v) is 8.37. The molecular weight excluding hydrogens is 718 g/mol. The number of amides is 3. The number of ether oxygens (including phenoxy) is 3. The van der Waals surface area contributed by atoms with Crippen molar-refractivity contribution in [1.29, 1.82) is 0 Å². The number of hydrogen-bond acceptors (Lipinski definition) is 8. The Morgan fingerprint density at radius 1 is 1.06 bits per heavy atom. The van der Waals surface area contributed by atoms with Gasteiger partial charge in [-0.3, -0.25) is 19.2 Å². The van der Waals surface area contributed by atoms with Crippen LogP contribution in [0.4, 0.5) is 5.69 Å². The molecule has 0 unspecified atom stereocenters. The number of hydrogen-bond donors (Lipinski definition) is 2. The first-order valence-corrected chi connectivity index (χ1v) is 17.6. The molecule has 0 radical (unpaired) electrons. The third-order valence-electron chi connectivity index (χ3n) is 9.77. The minimum atomic E-state index is -1.53. The summed E-state index contributed by atoms with van der Waals surface area (Å²) in [5.41, 5.74) is -0.380. The van der Waals surface area contributed by atoms with Gasteiger partial charge in [-0.15, -0.1) is 0 Å². The molecule has 4 aliphatic rings. The van der Waals surface area contributed by atoms with Crippen molar-refractivity contribution in [3.63, 3.8) is 0 Å². The summed E-state index contributed by atoms with van der Waals surface area (Å²) >= 11 is 9.78. The average Bonchev–Trinajstić information content (AvgIpc) is 3.69. The van der Waals surface area contributed by atoms with Gasteiger partial charge in [-0.1, -0.05) is 76.9 Å². The molecule has 2 aromatic carbocycles. The molecule has 0 aliphatic carbocycles. The van der Waals surface area contributed by atoms with Gasteiger partial charge in [-0.05, 0) is 48.7 Å². The van der Waals surface area contributed by atoms with Crippen molar-refractivity contribution in [1.82, 2.24) is 10.2 Å². The molecule has 1 spiro atoms. The van der Waals surface area contributed by atoms with Crippen molar-refractivity contribution in [3.8, 4) is 0 Å². The van der Waals surface area contributed by atoms with Gasteiger partial charge in [0.05, 0.1) is 31.2 Å². The molecule has 4 heterocycles. The fraction of sp³-hybridized carbons (Fsp3) is 0.444. The van der Waals surface area contributed by atoms with Gasteiger partial charge in [0.1, 0.15) is 29.8 Å². The van der Waals surface area contributed by atoms with Crippen LogP contribution in [0.2, 0.25) is 5.02 Å². The first kappa shape index (κ1) is 35.3. The summed E-state index contributed by atoms with van der Waals surface area (Å²) in [7, 11) is 1.50. The second-order valence-corrected chi connectivity index (χ2v) is 14.0. The minimum absolute atomic E-state index is 0.0456. The standard InChI is InChI=1S/C36H39BrClN3O8/c1-3-23(19-42)41-32-34(45)40(24-15-13-22(38)14-16-24)17-9-5-8-12-27(43)39-26(20-47-2)30(21-10-6-4-7-11-21)48-35(46)28-29(33(41)44)36(32)18-25(37)31(28)49-36/h4-7,9-11,13-16,18,23,26,28-32,42H,3,8,12,17,19-20H2,1-2H3,(H,39,43)/b9-5-/t23-,26+,28-,29+,30+,31-,32-,36+/m0/s1. The van der Waals surface area contributed by atoms with Gasteiger partial charge >= 0.3 is 5.97 Å². The molecule has 2 aromatic rings. The van der Waals surface area contributed by atoms with Crippen LogP contribution in [0.5, 0.6) is 0 Å². The lowest BCUT2D eigenvalue weighted by atomic mass is 9.74. The first-order chi connectivity index (χ1) is 23.6. The average molecular weight is 757 g/mol. The summed E-state index contributed by atoms with van der Waals surface area (Å²) in [6, 6.07) is 13.1. The molecular formula is C36H39BrClN3O8. The third-order valence-corrected chi connectivity index (χ3v) is 10.7. The maximum Gasteiger partial charge on any atom is 0.313 e. The number of rotatable bonds is 7. The number of esters is 1. The summed E-state index contributed by atoms with van der Waals surface area (Å²) in [5.74, 6) is -4.17. The molecule has 11 nitrogen and oxygen atoms in total. The molecule has 0 aromatic heterocycles. The molecule has 2 saturated heterocycles. The Labute approximate surface area is 298 Å². The van der Waals surface area contributed by atoms with E-state index in [1.165, 1.54) is 16.9 Å². The summed E-state index contributed by atoms with van der Waals surface area (Å²) in [6.07, 6.45) is 4.34. The van der Waals surface area contributed by atoms with Crippen LogP contribution in [-0.4, -0.2) is 90.4 Å². The summed E-state index contributed by atoms with van der Waals surface area (Å²) in [5, 5.41) is 14.0. The second kappa shape index (κ2) is 14.7. The van der Waals surface area contributed by atoms with Gasteiger partial charge in [0.25, 0.3) is 5.91 Å². The molecule has 6 rings (SSSR count). The number of anilines is 1. The van der Waals surface area contributed by atoms with E-state index in [-0.39, 0.29) is 25.5 Å². The Morgan fingerprint density at radius 2 is 1.80 bits per heavy atom. The van der Waals surface area contributed by atoms with E-state index in [9.17, 15) is 24.3 Å². The maximum atomic E-state index is 15.0. The quantitative estimate of drug-likeness (QED) is 0.319. The number of methoxy groups -OCH3 is 1. The minimum Gasteiger partial charge on any atom is -0.455 e. The molecule has 49 heavy (non-hydrogen) atoms. The fourth-order valence-electron chi connectivity index (χ4n) is 7.51. The summed E-state index contributed by atoms with van der Waals surface area (Å²) < 4.78 is 18.9. The molecule has 2 N–H and O–H groups in total. The number of nitrogens with zero attached hydrogens (tertiary/aromatic N) is 2. The van der Waals surface area contributed by atoms with Gasteiger partial charge in [0, 0.05) is 35.3 Å². The molecule has 4 aliphatic heterocycles. The number of halogens is 2. The predicted molar refractivity (Wildman–Crippen MR) is 185 cm³/mol. The van der Waals surface area contributed by atoms with Crippen LogP contribution in [0.25, 0.3) is 0 Å². The zero-order valence-electron chi connectivity index (χ0n) is 27.2. The monoisotopic (exact) mass is 755 g/mol. The Balaban J connectivity index is 1.50. The van der Waals surface area contributed by atoms with Crippen LogP contribution in [0, 0.1) is 11.8 Å². The number of fused-ring (bicyclic) bond motifs is 2. The summed E-state index contributed by atoms with van der Waals surface area (Å²) in [4.78, 5) is 60.2. The number of allylic oxidation sites excluding steroid dienone is 1. The topological polar surface area (TPSA) is 135 Å². The van der Waals surface area contributed by atoms with E-state index in [0.29, 0.717) is 33.6 Å². The van der Waals surface area contributed by atoms with Crippen LogP contribution in [0.15, 0.2) is 77.3 Å². The highest BCUT2D eigenvalue weighted by molar-refractivity contribution is 9.11. The van der Waals surface area contributed by atoms with Crippen LogP contribution < -0.4 is 10.2 Å². The Hall–Kier alpha value is -3.55. The zero-order chi connectivity index (χ0) is 34.9. The second-order valence-electron chi connectivity index (χ2n) is 12.7. The maximum absolute atomic E-state index is 15.0. The van der Waals surface area contributed by atoms with E-state index in [1.54, 1.807) is 60.7 Å². The number of benzene rings is 2. The smallest absolute Gasteiger partial charge is 0.313 e. The van der Waals surface area contributed by atoms with Crippen molar-refractivity contribution in [2.45, 2.75) is 62.1 Å². The van der Waals surface area contributed by atoms with Crippen molar-refractivity contribution in [3.05, 3.63) is 87.9 Å². The number of aliphatic hydroxyl groups is 1. The van der Waals surface area contributed by atoms with Crippen LogP contribution in [0.3, 0.4) is 0 Å². The molecule has 8 atom stereocenters. The molecule has 5 bridgehead atoms. The van der Waals surface area contributed by atoms with Crippen LogP contribution in [0.1, 0.15) is 37.9 Å². The van der Waals surface area contributed by atoms with Gasteiger partial charge in [-0.2, -0.15) is 0 Å². The number of likely N-dealkylation sites (tertiary alicyclic amines) is 1. The lowest BCUT2D eigenvalue weighted by Gasteiger charge is -2.38. The molecule has 2 fully saturated rings. The summed E-state index contributed by atoms with van der Waals surface area (Å²) in [6.45, 7) is 1.58. The van der Waals surface area contributed by atoms with Crippen molar-refractivity contribution < 1.29 is 38.5 Å². The van der Waals surface area contributed by atoms with Crippen LogP contribution in [-0.2, 0) is 33.4 Å². The highest BCUT2D eigenvalue weighted by atomic mass is 79.9. The van der Waals surface area contributed by atoms with Crippen molar-refractivity contribution >= 4 is 56.9 Å². The Bertz CT molecular complexity index is 1630. The van der Waals surface area contributed by atoms with Crippen molar-refractivity contribution in [2.75, 3.05) is 31.8 Å². The Kier molecular flexibility index (Phi) is 10.6. The Morgan fingerprint density at radius 3 is 2.47 bits per heavy atom. The van der Waals surface area contributed by atoms with Gasteiger partial charge < -0.3 is 34.4 Å². The normalized spacial score (nSPS) is 31.7. The van der Waals surface area contributed by atoms with E-state index < -0.39 is 72.2 Å². The number of aliphatic hydroxyl groups excluding tert-OH is 1. The largest absolute Gasteiger partial charge is 0.455 e. The SMILES string of the molecule is CC[C@@H](CO)N1C(=O)[C@H]2[C@@H]3C(=O)O[C@H](c4ccccc4)[C@@H](COC)NC(=O)CC/C=C\CN(c4ccc(Cl)cc4)C(=O)[C@H]1[C@@]21C=C(Br)[C@@H]3O1. The number of cyclic esters (lactones) is 1. The molecule has 13 heteroatoms. The zero-order valence-corrected chi connectivity index (χ0v) is 29.5.